The average molecular weight is 397 g/mol. The van der Waals surface area contributed by atoms with Gasteiger partial charge in [0.2, 0.25) is 5.78 Å². The van der Waals surface area contributed by atoms with E-state index in [1.807, 2.05) is 24.4 Å². The number of alkyl halides is 3. The highest BCUT2D eigenvalue weighted by Gasteiger charge is 2.34. The topological polar surface area (TPSA) is 30.0 Å². The second kappa shape index (κ2) is 6.87. The highest BCUT2D eigenvalue weighted by atomic mass is 32.1. The van der Waals surface area contributed by atoms with Crippen molar-refractivity contribution < 1.29 is 18.0 Å². The molecule has 0 aliphatic heterocycles. The predicted molar refractivity (Wildman–Crippen MR) is 105 cm³/mol. The number of nitrogens with zero attached hydrogens (tertiary/aromatic N) is 1. The van der Waals surface area contributed by atoms with Crippen LogP contribution in [0, 0.1) is 6.92 Å². The van der Waals surface area contributed by atoms with Gasteiger partial charge in [0.1, 0.15) is 0 Å². The first-order valence-electron chi connectivity index (χ1n) is 8.51. The van der Waals surface area contributed by atoms with E-state index in [0.717, 1.165) is 11.6 Å². The zero-order chi connectivity index (χ0) is 19.9. The molecule has 2 aromatic carbocycles. The summed E-state index contributed by atoms with van der Waals surface area (Å²) in [4.78, 5) is 17.8. The summed E-state index contributed by atoms with van der Waals surface area (Å²) in [5.74, 6) is -0.238. The van der Waals surface area contributed by atoms with Gasteiger partial charge in [0.15, 0.2) is 0 Å². The Balaban J connectivity index is 2.07. The summed E-state index contributed by atoms with van der Waals surface area (Å²) in [6, 6.07) is 14.8. The second-order valence-corrected chi connectivity index (χ2v) is 7.29. The van der Waals surface area contributed by atoms with E-state index in [9.17, 15) is 18.0 Å². The maximum atomic E-state index is 13.5. The summed E-state index contributed by atoms with van der Waals surface area (Å²) in [5.41, 5.74) is 1.30. The maximum absolute atomic E-state index is 13.5. The number of carbonyl (C=O) groups excluding carboxylic acids is 1. The maximum Gasteiger partial charge on any atom is 0.418 e. The number of thiophene rings is 1. The molecule has 0 saturated heterocycles. The number of rotatable bonds is 3. The van der Waals surface area contributed by atoms with Crippen molar-refractivity contribution >= 4 is 28.0 Å². The summed E-state index contributed by atoms with van der Waals surface area (Å²) < 4.78 is 40.4. The summed E-state index contributed by atoms with van der Waals surface area (Å²) in [6.07, 6.45) is -3.27. The Labute approximate surface area is 163 Å². The first kappa shape index (κ1) is 18.4. The van der Waals surface area contributed by atoms with Crippen molar-refractivity contribution in [3.05, 3.63) is 87.7 Å². The van der Waals surface area contributed by atoms with E-state index in [1.165, 1.54) is 23.6 Å². The lowest BCUT2D eigenvalue weighted by molar-refractivity contribution is -0.136. The Morgan fingerprint density at radius 1 is 1.00 bits per heavy atom. The van der Waals surface area contributed by atoms with Crippen molar-refractivity contribution in [2.75, 3.05) is 0 Å². The molecule has 0 bridgehead atoms. The van der Waals surface area contributed by atoms with Crippen LogP contribution in [-0.2, 0) is 6.18 Å². The first-order valence-corrected chi connectivity index (χ1v) is 9.39. The Hall–Kier alpha value is -2.99. The van der Waals surface area contributed by atoms with Crippen molar-refractivity contribution in [1.82, 2.24) is 4.98 Å². The average Bonchev–Trinajstić information content (AvgIpc) is 3.11. The van der Waals surface area contributed by atoms with Crippen LogP contribution in [0.3, 0.4) is 0 Å². The molecule has 4 rings (SSSR count). The van der Waals surface area contributed by atoms with Gasteiger partial charge in [0.25, 0.3) is 0 Å². The quantitative estimate of drug-likeness (QED) is 0.368. The van der Waals surface area contributed by atoms with Gasteiger partial charge in [-0.3, -0.25) is 9.78 Å². The number of fused-ring (bicyclic) bond motifs is 1. The summed E-state index contributed by atoms with van der Waals surface area (Å²) in [6.45, 7) is 1.84. The summed E-state index contributed by atoms with van der Waals surface area (Å²) in [7, 11) is 0. The molecular formula is C22H14F3NOS. The van der Waals surface area contributed by atoms with Gasteiger partial charge in [-0.05, 0) is 35.6 Å². The zero-order valence-corrected chi connectivity index (χ0v) is 15.6. The molecule has 0 unspecified atom stereocenters. The van der Waals surface area contributed by atoms with E-state index >= 15 is 0 Å². The van der Waals surface area contributed by atoms with E-state index in [2.05, 4.69) is 4.98 Å². The van der Waals surface area contributed by atoms with Crippen LogP contribution in [0.5, 0.6) is 0 Å². The fraction of sp³-hybridized carbons (Fsp3) is 0.0909. The third-order valence-corrected chi connectivity index (χ3v) is 5.59. The summed E-state index contributed by atoms with van der Waals surface area (Å²) in [5, 5.41) is 2.13. The lowest BCUT2D eigenvalue weighted by atomic mass is 9.92. The van der Waals surface area contributed by atoms with Crippen molar-refractivity contribution in [2.24, 2.45) is 0 Å². The lowest BCUT2D eigenvalue weighted by Crippen LogP contribution is -2.09. The van der Waals surface area contributed by atoms with Crippen LogP contribution in [0.15, 0.2) is 66.2 Å². The van der Waals surface area contributed by atoms with Gasteiger partial charge < -0.3 is 0 Å². The third-order valence-electron chi connectivity index (χ3n) is 4.58. The van der Waals surface area contributed by atoms with Gasteiger partial charge in [-0.15, -0.1) is 11.3 Å². The molecular weight excluding hydrogens is 383 g/mol. The van der Waals surface area contributed by atoms with Crippen molar-refractivity contribution in [3.63, 3.8) is 0 Å². The SMILES string of the molecule is Cc1ccsc1C(=O)c1cnc2c(C(F)(F)F)cccc2c1-c1ccccc1. The van der Waals surface area contributed by atoms with Crippen LogP contribution in [0.1, 0.15) is 26.4 Å². The van der Waals surface area contributed by atoms with Crippen LogP contribution in [0.25, 0.3) is 22.0 Å². The standard InChI is InChI=1S/C22H14F3NOS/c1-13-10-11-28-21(13)20(27)16-12-26-19-15(8-5-9-17(19)22(23,24)25)18(16)14-6-3-2-4-7-14/h2-12H,1H3. The number of aromatic nitrogens is 1. The number of ketones is 1. The Morgan fingerprint density at radius 3 is 2.39 bits per heavy atom. The van der Waals surface area contributed by atoms with Gasteiger partial charge in [-0.25, -0.2) is 0 Å². The number of carbonyl (C=O) groups is 1. The summed E-state index contributed by atoms with van der Waals surface area (Å²) >= 11 is 1.31. The van der Waals surface area contributed by atoms with Crippen LogP contribution < -0.4 is 0 Å². The number of hydrogen-bond donors (Lipinski definition) is 0. The van der Waals surface area contributed by atoms with E-state index in [1.54, 1.807) is 30.3 Å². The molecule has 0 aliphatic carbocycles. The third kappa shape index (κ3) is 3.10. The van der Waals surface area contributed by atoms with E-state index in [-0.39, 0.29) is 11.3 Å². The number of aryl methyl sites for hydroxylation is 1. The molecule has 6 heteroatoms. The number of pyridine rings is 1. The molecule has 28 heavy (non-hydrogen) atoms. The van der Waals surface area contributed by atoms with Crippen molar-refractivity contribution in [1.29, 1.82) is 0 Å². The minimum absolute atomic E-state index is 0.159. The fourth-order valence-electron chi connectivity index (χ4n) is 3.27. The van der Waals surface area contributed by atoms with Gasteiger partial charge in [0.05, 0.1) is 21.5 Å². The van der Waals surface area contributed by atoms with Gasteiger partial charge in [-0.2, -0.15) is 13.2 Å². The van der Waals surface area contributed by atoms with Gasteiger partial charge in [-0.1, -0.05) is 42.5 Å². The predicted octanol–water partition coefficient (Wildman–Crippen LogP) is 6.52. The number of halogens is 3. The molecule has 0 aliphatic rings. The molecule has 0 saturated carbocycles. The smallest absolute Gasteiger partial charge is 0.288 e. The second-order valence-electron chi connectivity index (χ2n) is 6.37. The Kier molecular flexibility index (Phi) is 4.51. The monoisotopic (exact) mass is 397 g/mol. The highest BCUT2D eigenvalue weighted by Crippen LogP contribution is 2.39. The molecule has 4 aromatic rings. The molecule has 0 spiro atoms. The van der Waals surface area contributed by atoms with Crippen LogP contribution >= 0.6 is 11.3 Å². The van der Waals surface area contributed by atoms with Gasteiger partial charge >= 0.3 is 6.18 Å². The minimum atomic E-state index is -4.53. The lowest BCUT2D eigenvalue weighted by Gasteiger charge is -2.15. The fourth-order valence-corrected chi connectivity index (χ4v) is 4.15. The van der Waals surface area contributed by atoms with Crippen LogP contribution in [0.4, 0.5) is 13.2 Å². The molecule has 2 nitrogen and oxygen atoms in total. The highest BCUT2D eigenvalue weighted by molar-refractivity contribution is 7.12. The molecule has 0 atom stereocenters. The first-order chi connectivity index (χ1) is 13.4. The molecule has 0 amide bonds. The molecule has 2 aromatic heterocycles. The number of para-hydroxylation sites is 1. The molecule has 0 fully saturated rings. The number of benzene rings is 2. The molecule has 0 N–H and O–H groups in total. The van der Waals surface area contributed by atoms with Crippen LogP contribution in [-0.4, -0.2) is 10.8 Å². The Morgan fingerprint density at radius 2 is 1.75 bits per heavy atom. The largest absolute Gasteiger partial charge is 0.418 e. The molecule has 0 radical (unpaired) electrons. The van der Waals surface area contributed by atoms with Crippen LogP contribution in [0.2, 0.25) is 0 Å². The Bertz CT molecular complexity index is 1180. The molecule has 140 valence electrons. The van der Waals surface area contributed by atoms with E-state index < -0.39 is 11.7 Å². The van der Waals surface area contributed by atoms with E-state index in [4.69, 9.17) is 0 Å². The van der Waals surface area contributed by atoms with Gasteiger partial charge in [0, 0.05) is 17.1 Å². The van der Waals surface area contributed by atoms with Crippen molar-refractivity contribution in [2.45, 2.75) is 13.1 Å². The van der Waals surface area contributed by atoms with Crippen molar-refractivity contribution in [3.8, 4) is 11.1 Å². The minimum Gasteiger partial charge on any atom is -0.288 e. The zero-order valence-electron chi connectivity index (χ0n) is 14.7. The molecule has 2 heterocycles. The number of hydrogen-bond acceptors (Lipinski definition) is 3. The normalized spacial score (nSPS) is 11.7. The van der Waals surface area contributed by atoms with E-state index in [0.29, 0.717) is 27.0 Å².